The highest BCUT2D eigenvalue weighted by atomic mass is 16.3. The van der Waals surface area contributed by atoms with Crippen molar-refractivity contribution in [1.82, 2.24) is 4.90 Å². The summed E-state index contributed by atoms with van der Waals surface area (Å²) in [6, 6.07) is 15.2. The highest BCUT2D eigenvalue weighted by Crippen LogP contribution is 2.46. The Morgan fingerprint density at radius 3 is 2.64 bits per heavy atom. The molecule has 2 aromatic rings. The zero-order chi connectivity index (χ0) is 17.4. The molecule has 1 fully saturated rings. The van der Waals surface area contributed by atoms with Gasteiger partial charge in [0.25, 0.3) is 0 Å². The van der Waals surface area contributed by atoms with Crippen LogP contribution in [0, 0.1) is 0 Å². The Morgan fingerprint density at radius 1 is 1.12 bits per heavy atom. The van der Waals surface area contributed by atoms with Crippen LogP contribution >= 0.6 is 0 Å². The fourth-order valence-electron chi connectivity index (χ4n) is 4.48. The van der Waals surface area contributed by atoms with Crippen molar-refractivity contribution in [3.05, 3.63) is 65.2 Å². The molecule has 4 nitrogen and oxygen atoms in total. The van der Waals surface area contributed by atoms with Gasteiger partial charge in [0.1, 0.15) is 5.75 Å². The molecule has 4 rings (SSSR count). The number of piperidine rings is 1. The van der Waals surface area contributed by atoms with Gasteiger partial charge in [0.15, 0.2) is 0 Å². The topological polar surface area (TPSA) is 60.8 Å². The molecule has 130 valence electrons. The van der Waals surface area contributed by atoms with E-state index >= 15 is 0 Å². The molecule has 1 amide bonds. The van der Waals surface area contributed by atoms with E-state index in [0.717, 1.165) is 18.4 Å². The molecule has 2 aromatic carbocycles. The van der Waals surface area contributed by atoms with Crippen LogP contribution in [-0.4, -0.2) is 40.2 Å². The minimum absolute atomic E-state index is 0.0845. The Labute approximate surface area is 147 Å². The second-order valence-electron chi connectivity index (χ2n) is 7.26. The van der Waals surface area contributed by atoms with E-state index in [1.54, 1.807) is 18.2 Å². The number of rotatable bonds is 2. The lowest BCUT2D eigenvalue weighted by molar-refractivity contribution is -0.132. The fourth-order valence-corrected chi connectivity index (χ4v) is 4.48. The quantitative estimate of drug-likeness (QED) is 0.885. The number of aliphatic hydroxyl groups is 1. The highest BCUT2D eigenvalue weighted by Gasteiger charge is 2.47. The molecule has 1 heterocycles. The zero-order valence-electron chi connectivity index (χ0n) is 14.2. The van der Waals surface area contributed by atoms with Crippen LogP contribution in [0.2, 0.25) is 0 Å². The van der Waals surface area contributed by atoms with Crippen molar-refractivity contribution in [2.45, 2.75) is 37.2 Å². The van der Waals surface area contributed by atoms with Crippen LogP contribution in [-0.2, 0) is 23.1 Å². The summed E-state index contributed by atoms with van der Waals surface area (Å²) in [4.78, 5) is 14.5. The molecule has 4 heteroatoms. The molecule has 1 spiro atoms. The first-order chi connectivity index (χ1) is 12.1. The molecule has 0 aromatic heterocycles. The van der Waals surface area contributed by atoms with Gasteiger partial charge in [-0.15, -0.1) is 0 Å². The number of aromatic hydroxyl groups is 1. The monoisotopic (exact) mass is 337 g/mol. The van der Waals surface area contributed by atoms with E-state index < -0.39 is 0 Å². The Balaban J connectivity index is 1.46. The van der Waals surface area contributed by atoms with Gasteiger partial charge in [-0.2, -0.15) is 0 Å². The van der Waals surface area contributed by atoms with Crippen molar-refractivity contribution in [2.75, 3.05) is 13.1 Å². The Kier molecular flexibility index (Phi) is 4.00. The number of hydrogen-bond donors (Lipinski definition) is 2. The first kappa shape index (κ1) is 16.2. The molecular weight excluding hydrogens is 314 g/mol. The van der Waals surface area contributed by atoms with E-state index in [1.165, 1.54) is 11.1 Å². The average molecular weight is 337 g/mol. The number of amides is 1. The van der Waals surface area contributed by atoms with Gasteiger partial charge in [0.05, 0.1) is 12.5 Å². The van der Waals surface area contributed by atoms with Crippen LogP contribution in [0.25, 0.3) is 0 Å². The number of nitrogens with zero attached hydrogens (tertiary/aromatic N) is 1. The van der Waals surface area contributed by atoms with Gasteiger partial charge >= 0.3 is 0 Å². The average Bonchev–Trinajstić information content (AvgIpc) is 2.88. The minimum atomic E-state index is -0.353. The number of phenols is 1. The van der Waals surface area contributed by atoms with Gasteiger partial charge < -0.3 is 15.1 Å². The second-order valence-corrected chi connectivity index (χ2v) is 7.26. The Morgan fingerprint density at radius 2 is 1.88 bits per heavy atom. The molecule has 0 unspecified atom stereocenters. The van der Waals surface area contributed by atoms with Crippen LogP contribution in [0.1, 0.15) is 29.5 Å². The van der Waals surface area contributed by atoms with Crippen molar-refractivity contribution in [2.24, 2.45) is 0 Å². The summed E-state index contributed by atoms with van der Waals surface area (Å²) in [5, 5.41) is 20.2. The zero-order valence-corrected chi connectivity index (χ0v) is 14.2. The van der Waals surface area contributed by atoms with Crippen molar-refractivity contribution >= 4 is 5.91 Å². The van der Waals surface area contributed by atoms with Crippen LogP contribution < -0.4 is 0 Å². The van der Waals surface area contributed by atoms with Crippen LogP contribution in [0.15, 0.2) is 48.5 Å². The van der Waals surface area contributed by atoms with Gasteiger partial charge in [-0.3, -0.25) is 4.79 Å². The molecule has 1 aliphatic carbocycles. The number of carbonyl (C=O) groups excluding carboxylic acids is 1. The normalized spacial score (nSPS) is 21.3. The van der Waals surface area contributed by atoms with Crippen LogP contribution in [0.5, 0.6) is 5.75 Å². The van der Waals surface area contributed by atoms with Crippen molar-refractivity contribution in [1.29, 1.82) is 0 Å². The van der Waals surface area contributed by atoms with E-state index in [-0.39, 0.29) is 23.2 Å². The lowest BCUT2D eigenvalue weighted by Gasteiger charge is -2.42. The summed E-state index contributed by atoms with van der Waals surface area (Å²) in [6.45, 7) is 1.34. The smallest absolute Gasteiger partial charge is 0.226 e. The maximum atomic E-state index is 12.6. The third kappa shape index (κ3) is 2.81. The van der Waals surface area contributed by atoms with Gasteiger partial charge in [0, 0.05) is 18.5 Å². The molecule has 2 aliphatic rings. The third-order valence-electron chi connectivity index (χ3n) is 5.88. The standard InChI is InChI=1S/C21H23NO3/c23-17-6-3-4-15(12-17)13-20(25)22-10-8-21(9-11-22)18-7-2-1-5-16(18)14-19(21)24/h1-7,12,19,23-24H,8-11,13-14H2/t19-/m0/s1. The second kappa shape index (κ2) is 6.19. The van der Waals surface area contributed by atoms with Crippen molar-refractivity contribution < 1.29 is 15.0 Å². The predicted molar refractivity (Wildman–Crippen MR) is 95.5 cm³/mol. The van der Waals surface area contributed by atoms with Gasteiger partial charge in [-0.1, -0.05) is 36.4 Å². The van der Waals surface area contributed by atoms with Gasteiger partial charge in [-0.25, -0.2) is 0 Å². The number of hydrogen-bond acceptors (Lipinski definition) is 3. The lowest BCUT2D eigenvalue weighted by Crippen LogP contribution is -2.49. The van der Waals surface area contributed by atoms with Crippen molar-refractivity contribution in [3.63, 3.8) is 0 Å². The molecular formula is C21H23NO3. The molecule has 1 saturated heterocycles. The van der Waals surface area contributed by atoms with E-state index in [0.29, 0.717) is 25.9 Å². The maximum absolute atomic E-state index is 12.6. The predicted octanol–water partition coefficient (Wildman–Crippen LogP) is 2.41. The number of likely N-dealkylation sites (tertiary alicyclic amines) is 1. The summed E-state index contributed by atoms with van der Waals surface area (Å²) >= 11 is 0. The molecule has 25 heavy (non-hydrogen) atoms. The van der Waals surface area contributed by atoms with E-state index in [4.69, 9.17) is 0 Å². The van der Waals surface area contributed by atoms with Crippen LogP contribution in [0.3, 0.4) is 0 Å². The third-order valence-corrected chi connectivity index (χ3v) is 5.88. The molecule has 1 aliphatic heterocycles. The summed E-state index contributed by atoms with van der Waals surface area (Å²) in [5.41, 5.74) is 3.15. The SMILES string of the molecule is O=C(Cc1cccc(O)c1)N1CCC2(CC1)c1ccccc1C[C@@H]2O. The molecule has 2 N–H and O–H groups in total. The largest absolute Gasteiger partial charge is 0.508 e. The summed E-state index contributed by atoms with van der Waals surface area (Å²) < 4.78 is 0. The summed E-state index contributed by atoms with van der Waals surface area (Å²) in [7, 11) is 0. The highest BCUT2D eigenvalue weighted by molar-refractivity contribution is 5.79. The van der Waals surface area contributed by atoms with E-state index in [9.17, 15) is 15.0 Å². The maximum Gasteiger partial charge on any atom is 0.226 e. The summed E-state index contributed by atoms with van der Waals surface area (Å²) in [6.07, 6.45) is 2.27. The van der Waals surface area contributed by atoms with E-state index in [1.807, 2.05) is 23.1 Å². The van der Waals surface area contributed by atoms with Crippen LogP contribution in [0.4, 0.5) is 0 Å². The van der Waals surface area contributed by atoms with E-state index in [2.05, 4.69) is 12.1 Å². The molecule has 0 bridgehead atoms. The summed E-state index contributed by atoms with van der Waals surface area (Å²) in [5.74, 6) is 0.273. The Bertz CT molecular complexity index is 793. The van der Waals surface area contributed by atoms with Crippen molar-refractivity contribution in [3.8, 4) is 5.75 Å². The number of fused-ring (bicyclic) bond motifs is 2. The molecule has 1 atom stereocenters. The minimum Gasteiger partial charge on any atom is -0.508 e. The number of benzene rings is 2. The Hall–Kier alpha value is -2.33. The number of aliphatic hydroxyl groups excluding tert-OH is 1. The molecule has 0 saturated carbocycles. The number of carbonyl (C=O) groups is 1. The molecule has 0 radical (unpaired) electrons. The first-order valence-corrected chi connectivity index (χ1v) is 8.91. The lowest BCUT2D eigenvalue weighted by atomic mass is 9.72. The number of phenolic OH excluding ortho intramolecular Hbond substituents is 1. The van der Waals surface area contributed by atoms with Gasteiger partial charge in [-0.05, 0) is 48.1 Å². The fraction of sp³-hybridized carbons (Fsp3) is 0.381. The van der Waals surface area contributed by atoms with Gasteiger partial charge in [0.2, 0.25) is 5.91 Å². The first-order valence-electron chi connectivity index (χ1n) is 8.91.